The lowest BCUT2D eigenvalue weighted by atomic mass is 9.65. The smallest absolute Gasteiger partial charge is 0.308 e. The fourth-order valence-corrected chi connectivity index (χ4v) is 3.65. The summed E-state index contributed by atoms with van der Waals surface area (Å²) in [4.78, 5) is 25.8. The van der Waals surface area contributed by atoms with E-state index in [-0.39, 0.29) is 19.3 Å². The van der Waals surface area contributed by atoms with Crippen molar-refractivity contribution in [1.29, 1.82) is 0 Å². The van der Waals surface area contributed by atoms with E-state index in [0.29, 0.717) is 0 Å². The molecule has 0 radical (unpaired) electrons. The lowest BCUT2D eigenvalue weighted by Gasteiger charge is -2.43. The lowest BCUT2D eigenvalue weighted by Crippen LogP contribution is -2.42. The molecule has 162 valence electrons. The maximum atomic E-state index is 13.8. The molecule has 1 fully saturated rings. The summed E-state index contributed by atoms with van der Waals surface area (Å²) >= 11 is 0. The molecule has 0 spiro atoms. The summed E-state index contributed by atoms with van der Waals surface area (Å²) in [5.41, 5.74) is -1.02. The first-order valence-corrected chi connectivity index (χ1v) is 9.11. The Morgan fingerprint density at radius 1 is 1.62 bits per heavy atom. The SMILES string of the molecule is [3H]C1=C([3H])[C@]([3H])(C)[C@H](CC[C@H]2C[C@@H](O)CC(=O)O2)[C@@H]2C1=C([3H])[C@]([3H])(C([3H])([3H])[3H])C([3H])([3H])[C@]2([3H])OC(=O)[C@@]([3H])(C([3H])([3H])[3H])C([3H])([3H])C([3H])([3H])[3H]. The largest absolute Gasteiger partial charge is 0.462 e. The van der Waals surface area contributed by atoms with Crippen LogP contribution in [0.25, 0.3) is 0 Å². The Morgan fingerprint density at radius 2 is 2.48 bits per heavy atom. The fourth-order valence-electron chi connectivity index (χ4n) is 3.65. The number of esters is 2. The Kier molecular flexibility index (Phi) is 2.55. The molecule has 0 unspecified atom stereocenters. The minimum Gasteiger partial charge on any atom is -0.462 e. The van der Waals surface area contributed by atoms with Crippen molar-refractivity contribution in [3.05, 3.63) is 23.7 Å². The number of aliphatic hydroxyl groups is 1. The summed E-state index contributed by atoms with van der Waals surface area (Å²) in [6, 6.07) is -3.51. The highest BCUT2D eigenvalue weighted by Crippen LogP contribution is 2.45. The van der Waals surface area contributed by atoms with Crippen LogP contribution in [0.15, 0.2) is 23.7 Å². The van der Waals surface area contributed by atoms with Crippen LogP contribution in [0.5, 0.6) is 0 Å². The van der Waals surface area contributed by atoms with Crippen LogP contribution in [-0.2, 0) is 19.1 Å². The molecule has 0 amide bonds. The molecule has 1 aliphatic heterocycles. The molecule has 3 rings (SSSR count). The number of rotatable bonds is 6. The van der Waals surface area contributed by atoms with E-state index in [2.05, 4.69) is 0 Å². The summed E-state index contributed by atoms with van der Waals surface area (Å²) in [7, 11) is 0. The van der Waals surface area contributed by atoms with Crippen molar-refractivity contribution >= 4 is 11.9 Å². The predicted octanol–water partition coefficient (Wildman–Crippen LogP) is 4.20. The van der Waals surface area contributed by atoms with Gasteiger partial charge in [0.25, 0.3) is 0 Å². The predicted molar refractivity (Wildman–Crippen MR) is 111 cm³/mol. The quantitative estimate of drug-likeness (QED) is 0.622. The molecule has 0 bridgehead atoms. The molecule has 1 heterocycles. The zero-order valence-electron chi connectivity index (χ0n) is 35.7. The van der Waals surface area contributed by atoms with Gasteiger partial charge in [0.05, 0.1) is 23.9 Å². The third-order valence-corrected chi connectivity index (χ3v) is 5.02. The van der Waals surface area contributed by atoms with Gasteiger partial charge in [0.1, 0.15) is 12.2 Å². The molecule has 0 aromatic rings. The average molecular weight is 445 g/mol. The molecular formula is C24H36O5. The van der Waals surface area contributed by atoms with E-state index in [0.717, 1.165) is 6.92 Å². The number of fused-ring (bicyclic) bond motifs is 1. The molecule has 5 heteroatoms. The summed E-state index contributed by atoms with van der Waals surface area (Å²) in [5, 5.41) is 10.1. The number of ether oxygens (including phenoxy) is 2. The summed E-state index contributed by atoms with van der Waals surface area (Å²) in [6.07, 6.45) is -16.0. The van der Waals surface area contributed by atoms with Gasteiger partial charge in [-0.15, -0.1) is 0 Å². The topological polar surface area (TPSA) is 72.8 Å². The third-order valence-electron chi connectivity index (χ3n) is 5.02. The van der Waals surface area contributed by atoms with Crippen molar-refractivity contribution < 1.29 is 51.6 Å². The number of hydrogen-bond acceptors (Lipinski definition) is 5. The molecule has 1 N–H and O–H groups in total. The van der Waals surface area contributed by atoms with Gasteiger partial charge in [-0.25, -0.2) is 0 Å². The molecule has 0 aromatic carbocycles. The summed E-state index contributed by atoms with van der Waals surface area (Å²) in [6.45, 7) is -11.2. The van der Waals surface area contributed by atoms with Crippen LogP contribution in [0.2, 0.25) is 0 Å². The van der Waals surface area contributed by atoms with Crippen molar-refractivity contribution in [2.24, 2.45) is 29.5 Å². The highest BCUT2D eigenvalue weighted by atomic mass is 16.5. The fraction of sp³-hybridized carbons (Fsp3) is 0.750. The van der Waals surface area contributed by atoms with Gasteiger partial charge >= 0.3 is 11.9 Å². The van der Waals surface area contributed by atoms with Crippen LogP contribution in [-0.4, -0.2) is 35.3 Å². The Bertz CT molecular complexity index is 1430. The van der Waals surface area contributed by atoms with Crippen LogP contribution >= 0.6 is 0 Å². The Hall–Kier alpha value is -1.62. The zero-order chi connectivity index (χ0) is 38.5. The highest BCUT2D eigenvalue weighted by Gasteiger charge is 2.42. The second kappa shape index (κ2) is 9.46. The monoisotopic (exact) mass is 444 g/mol. The van der Waals surface area contributed by atoms with E-state index in [1.165, 1.54) is 0 Å². The van der Waals surface area contributed by atoms with Crippen molar-refractivity contribution in [3.8, 4) is 0 Å². The summed E-state index contributed by atoms with van der Waals surface area (Å²) < 4.78 is 176. The van der Waals surface area contributed by atoms with Crippen molar-refractivity contribution in [2.75, 3.05) is 0 Å². The highest BCUT2D eigenvalue weighted by molar-refractivity contribution is 5.72. The Labute approximate surface area is 202 Å². The molecule has 8 atom stereocenters. The van der Waals surface area contributed by atoms with Gasteiger partial charge < -0.3 is 14.6 Å². The number of carbonyl (C=O) groups is 2. The molecule has 5 nitrogen and oxygen atoms in total. The van der Waals surface area contributed by atoms with Gasteiger partial charge in [0.15, 0.2) is 0 Å². The van der Waals surface area contributed by atoms with Gasteiger partial charge in [0, 0.05) is 34.3 Å². The molecule has 2 aliphatic carbocycles. The van der Waals surface area contributed by atoms with Gasteiger partial charge in [0.2, 0.25) is 0 Å². The molecule has 0 aromatic heterocycles. The molecule has 3 aliphatic rings. The zero-order valence-corrected chi connectivity index (χ0v) is 15.7. The number of aliphatic hydroxyl groups excluding tert-OH is 1. The van der Waals surface area contributed by atoms with Gasteiger partial charge in [-0.1, -0.05) is 45.6 Å². The molecule has 29 heavy (non-hydrogen) atoms. The number of cyclic esters (lactones) is 1. The van der Waals surface area contributed by atoms with E-state index >= 15 is 0 Å². The van der Waals surface area contributed by atoms with Gasteiger partial charge in [-0.3, -0.25) is 9.59 Å². The normalized spacial score (nSPS) is 61.2. The van der Waals surface area contributed by atoms with E-state index in [4.69, 9.17) is 35.5 Å². The lowest BCUT2D eigenvalue weighted by molar-refractivity contribution is -0.162. The maximum absolute atomic E-state index is 13.8. The van der Waals surface area contributed by atoms with E-state index in [9.17, 15) is 16.1 Å². The van der Waals surface area contributed by atoms with Crippen LogP contribution in [0.3, 0.4) is 0 Å². The van der Waals surface area contributed by atoms with Crippen molar-refractivity contribution in [1.82, 2.24) is 0 Å². The van der Waals surface area contributed by atoms with Crippen LogP contribution in [0, 0.1) is 29.5 Å². The molecular weight excluding hydrogens is 368 g/mol. The first kappa shape index (κ1) is 7.81. The molecule has 0 saturated carbocycles. The maximum Gasteiger partial charge on any atom is 0.308 e. The van der Waals surface area contributed by atoms with Crippen molar-refractivity contribution in [3.63, 3.8) is 0 Å². The second-order valence-electron chi connectivity index (χ2n) is 7.09. The molecule has 1 saturated heterocycles. The van der Waals surface area contributed by atoms with E-state index in [1.54, 1.807) is 0 Å². The van der Waals surface area contributed by atoms with E-state index < -0.39 is 123 Å². The number of carbonyl (C=O) groups excluding carboxylic acids is 2. The summed E-state index contributed by atoms with van der Waals surface area (Å²) in [5.74, 6) is -18.4. The van der Waals surface area contributed by atoms with Gasteiger partial charge in [-0.2, -0.15) is 0 Å². The Morgan fingerprint density at radius 3 is 3.21 bits per heavy atom. The standard InChI is InChI=1S/C24H36O5/c1-5-15(3)24(27)29-21-11-14(2)10-17-7-6-16(4)20(23(17)21)9-8-19-12-18(25)13-22(26)28-19/h6-7,10,14-16,18-21,23,25H,5,8-9,11-13H2,1-4H3/t14-,15-,16-,18+,19-,20-,21-,23-/m0/s1/i1T3,2T3,3T3,5T2,6T,7T,10T,11T2,14T,15T,16T,21T. The minimum atomic E-state index is -4.47. The third kappa shape index (κ3) is 5.30. The van der Waals surface area contributed by atoms with Crippen LogP contribution in [0.4, 0.5) is 0 Å². The van der Waals surface area contributed by atoms with Gasteiger partial charge in [-0.05, 0) is 48.9 Å². The number of allylic oxidation sites excluding steroid dienone is 3. The second-order valence-corrected chi connectivity index (χ2v) is 7.09. The van der Waals surface area contributed by atoms with Crippen LogP contribution < -0.4 is 0 Å². The first-order chi connectivity index (χ1) is 21.6. The number of hydrogen-bond donors (Lipinski definition) is 1. The Balaban J connectivity index is 2.42. The van der Waals surface area contributed by atoms with E-state index in [1.807, 2.05) is 0 Å². The van der Waals surface area contributed by atoms with Crippen LogP contribution in [0.1, 0.15) is 93.3 Å². The minimum absolute atomic E-state index is 0.127. The first-order valence-electron chi connectivity index (χ1n) is 19.1. The van der Waals surface area contributed by atoms with Crippen molar-refractivity contribution in [2.45, 2.75) is 84.2 Å². The average Bonchev–Trinajstić information content (AvgIpc) is 2.90.